The Kier molecular flexibility index (Phi) is 2.42. The van der Waals surface area contributed by atoms with E-state index in [1.807, 2.05) is 0 Å². The van der Waals surface area contributed by atoms with Crippen molar-refractivity contribution in [1.29, 1.82) is 0 Å². The summed E-state index contributed by atoms with van der Waals surface area (Å²) in [5.74, 6) is -1.21. The van der Waals surface area contributed by atoms with Crippen LogP contribution in [-0.4, -0.2) is 4.98 Å². The van der Waals surface area contributed by atoms with Crippen LogP contribution < -0.4 is 5.56 Å². The maximum absolute atomic E-state index is 12.5. The summed E-state index contributed by atoms with van der Waals surface area (Å²) < 4.78 is 36.3. The largest absolute Gasteiger partial charge is 0.317 e. The van der Waals surface area contributed by atoms with Gasteiger partial charge in [-0.2, -0.15) is 0 Å². The second-order valence-corrected chi connectivity index (χ2v) is 2.42. The Bertz CT molecular complexity index is 349. The topological polar surface area (TPSA) is 32.9 Å². The molecule has 0 aliphatic rings. The summed E-state index contributed by atoms with van der Waals surface area (Å²) in [5.41, 5.74) is -1.96. The number of aromatic amines is 1. The smallest absolute Gasteiger partial charge is 0.281 e. The van der Waals surface area contributed by atoms with Gasteiger partial charge >= 0.3 is 0 Å². The summed E-state index contributed by atoms with van der Waals surface area (Å²) in [6.07, 6.45) is -3.05. The molecule has 0 radical (unpaired) electrons. The van der Waals surface area contributed by atoms with E-state index in [1.165, 1.54) is 0 Å². The Morgan fingerprint density at radius 2 is 2.08 bits per heavy atom. The maximum Gasteiger partial charge on any atom is 0.281 e. The van der Waals surface area contributed by atoms with Gasteiger partial charge in [-0.25, -0.2) is 13.2 Å². The fourth-order valence-electron chi connectivity index (χ4n) is 0.655. The molecule has 0 unspecified atom stereocenters. The lowest BCUT2D eigenvalue weighted by Gasteiger charge is -2.00. The normalized spacial score (nSPS) is 10.8. The number of hydrogen-bond acceptors (Lipinski definition) is 1. The van der Waals surface area contributed by atoms with Gasteiger partial charge in [-0.05, 0) is 0 Å². The van der Waals surface area contributed by atoms with Crippen LogP contribution in [0.4, 0.5) is 13.2 Å². The molecule has 0 aliphatic carbocycles. The second-order valence-electron chi connectivity index (χ2n) is 2.01. The van der Waals surface area contributed by atoms with E-state index in [-0.39, 0.29) is 0 Å². The van der Waals surface area contributed by atoms with E-state index in [2.05, 4.69) is 0 Å². The van der Waals surface area contributed by atoms with Crippen molar-refractivity contribution in [1.82, 2.24) is 4.98 Å². The van der Waals surface area contributed by atoms with Crippen molar-refractivity contribution in [2.45, 2.75) is 6.43 Å². The molecule has 0 aliphatic heterocycles. The van der Waals surface area contributed by atoms with Crippen molar-refractivity contribution in [3.05, 3.63) is 33.0 Å². The van der Waals surface area contributed by atoms with Crippen LogP contribution in [0.15, 0.2) is 10.9 Å². The van der Waals surface area contributed by atoms with Gasteiger partial charge in [0.2, 0.25) is 0 Å². The monoisotopic (exact) mass is 197 g/mol. The highest BCUT2D eigenvalue weighted by Crippen LogP contribution is 2.19. The van der Waals surface area contributed by atoms with Crippen LogP contribution in [0.5, 0.6) is 0 Å². The fourth-order valence-corrected chi connectivity index (χ4v) is 0.798. The first-order valence-corrected chi connectivity index (χ1v) is 3.26. The van der Waals surface area contributed by atoms with Gasteiger partial charge < -0.3 is 4.98 Å². The first kappa shape index (κ1) is 9.12. The summed E-state index contributed by atoms with van der Waals surface area (Å²) >= 11 is 5.16. The van der Waals surface area contributed by atoms with Gasteiger partial charge in [0.25, 0.3) is 12.0 Å². The molecular weight excluding hydrogens is 195 g/mol. The molecule has 1 aromatic rings. The van der Waals surface area contributed by atoms with Crippen LogP contribution in [0.2, 0.25) is 5.02 Å². The molecule has 0 amide bonds. The third-order valence-electron chi connectivity index (χ3n) is 1.19. The molecule has 1 rings (SSSR count). The molecule has 12 heavy (non-hydrogen) atoms. The van der Waals surface area contributed by atoms with Crippen molar-refractivity contribution < 1.29 is 13.2 Å². The minimum absolute atomic E-state index is 0.447. The molecule has 0 saturated carbocycles. The van der Waals surface area contributed by atoms with E-state index in [0.717, 1.165) is 0 Å². The fraction of sp³-hybridized carbons (Fsp3) is 0.167. The summed E-state index contributed by atoms with van der Waals surface area (Å²) in [7, 11) is 0. The number of pyridine rings is 1. The standard InChI is InChI=1S/C6H3ClF3NO/c7-2-1-3(8)4(5(9)10)11-6(2)12/h1,5H,(H,11,12). The van der Waals surface area contributed by atoms with E-state index in [4.69, 9.17) is 11.6 Å². The van der Waals surface area contributed by atoms with Gasteiger partial charge in [-0.15, -0.1) is 0 Å². The Labute approximate surface area is 70.0 Å². The highest BCUT2D eigenvalue weighted by atomic mass is 35.5. The third kappa shape index (κ3) is 1.61. The van der Waals surface area contributed by atoms with Crippen LogP contribution in [0.25, 0.3) is 0 Å². The van der Waals surface area contributed by atoms with Crippen LogP contribution in [0.1, 0.15) is 12.1 Å². The Balaban J connectivity index is 3.33. The van der Waals surface area contributed by atoms with Crippen molar-refractivity contribution >= 4 is 11.6 Å². The zero-order valence-electron chi connectivity index (χ0n) is 5.57. The number of halogens is 4. The highest BCUT2D eigenvalue weighted by Gasteiger charge is 2.15. The molecule has 6 heteroatoms. The van der Waals surface area contributed by atoms with Crippen molar-refractivity contribution in [3.8, 4) is 0 Å². The SMILES string of the molecule is O=c1[nH]c(C(F)F)c(F)cc1Cl. The van der Waals surface area contributed by atoms with Gasteiger partial charge in [0.1, 0.15) is 16.5 Å². The summed E-state index contributed by atoms with van der Waals surface area (Å²) in [4.78, 5) is 12.2. The molecule has 0 fully saturated rings. The Morgan fingerprint density at radius 3 is 2.58 bits per heavy atom. The molecule has 0 spiro atoms. The van der Waals surface area contributed by atoms with Crippen LogP contribution >= 0.6 is 11.6 Å². The Hall–Kier alpha value is -0.970. The molecule has 1 heterocycles. The molecule has 1 N–H and O–H groups in total. The predicted octanol–water partition coefficient (Wildman–Crippen LogP) is 2.10. The number of alkyl halides is 2. The summed E-state index contributed by atoms with van der Waals surface area (Å²) in [6, 6.07) is 0.557. The number of hydrogen-bond donors (Lipinski definition) is 1. The average Bonchev–Trinajstić information content (AvgIpc) is 1.96. The first-order valence-electron chi connectivity index (χ1n) is 2.88. The molecule has 2 nitrogen and oxygen atoms in total. The first-order chi connectivity index (χ1) is 5.52. The number of aromatic nitrogens is 1. The van der Waals surface area contributed by atoms with Gasteiger partial charge in [-0.1, -0.05) is 11.6 Å². The van der Waals surface area contributed by atoms with Crippen molar-refractivity contribution in [2.24, 2.45) is 0 Å². The van der Waals surface area contributed by atoms with E-state index < -0.39 is 28.5 Å². The van der Waals surface area contributed by atoms with Gasteiger partial charge in [0.05, 0.1) is 0 Å². The minimum atomic E-state index is -3.05. The van der Waals surface area contributed by atoms with Crippen molar-refractivity contribution in [3.63, 3.8) is 0 Å². The molecule has 66 valence electrons. The second kappa shape index (κ2) is 3.18. The van der Waals surface area contributed by atoms with E-state index in [1.54, 1.807) is 4.98 Å². The molecule has 0 bridgehead atoms. The number of rotatable bonds is 1. The number of nitrogens with one attached hydrogen (secondary N) is 1. The van der Waals surface area contributed by atoms with E-state index in [0.29, 0.717) is 6.07 Å². The van der Waals surface area contributed by atoms with Crippen molar-refractivity contribution in [2.75, 3.05) is 0 Å². The minimum Gasteiger partial charge on any atom is -0.317 e. The Morgan fingerprint density at radius 1 is 1.50 bits per heavy atom. The van der Waals surface area contributed by atoms with Gasteiger partial charge in [-0.3, -0.25) is 4.79 Å². The van der Waals surface area contributed by atoms with E-state index in [9.17, 15) is 18.0 Å². The molecular formula is C6H3ClF3NO. The number of H-pyrrole nitrogens is 1. The predicted molar refractivity (Wildman–Crippen MR) is 37.0 cm³/mol. The average molecular weight is 198 g/mol. The van der Waals surface area contributed by atoms with Crippen LogP contribution in [0, 0.1) is 5.82 Å². The zero-order chi connectivity index (χ0) is 9.30. The summed E-state index contributed by atoms with van der Waals surface area (Å²) in [6.45, 7) is 0. The third-order valence-corrected chi connectivity index (χ3v) is 1.47. The molecule has 0 aromatic carbocycles. The van der Waals surface area contributed by atoms with Crippen LogP contribution in [0.3, 0.4) is 0 Å². The highest BCUT2D eigenvalue weighted by molar-refractivity contribution is 6.30. The quantitative estimate of drug-likeness (QED) is 0.735. The lowest BCUT2D eigenvalue weighted by Crippen LogP contribution is -2.11. The molecule has 1 aromatic heterocycles. The summed E-state index contributed by atoms with van der Waals surface area (Å²) in [5, 5.41) is -0.447. The lowest BCUT2D eigenvalue weighted by atomic mass is 10.3. The van der Waals surface area contributed by atoms with Gasteiger partial charge in [0.15, 0.2) is 0 Å². The van der Waals surface area contributed by atoms with Gasteiger partial charge in [0, 0.05) is 6.07 Å². The van der Waals surface area contributed by atoms with E-state index >= 15 is 0 Å². The van der Waals surface area contributed by atoms with Crippen LogP contribution in [-0.2, 0) is 0 Å². The zero-order valence-corrected chi connectivity index (χ0v) is 6.33. The maximum atomic E-state index is 12.5. The molecule has 0 saturated heterocycles. The lowest BCUT2D eigenvalue weighted by molar-refractivity contribution is 0.140. The molecule has 0 atom stereocenters.